The Morgan fingerprint density at radius 3 is 2.40 bits per heavy atom. The minimum atomic E-state index is -0.181. The minimum absolute atomic E-state index is 0.176. The largest absolute Gasteiger partial charge is 0.507 e. The lowest BCUT2D eigenvalue weighted by Gasteiger charge is -2.22. The van der Waals surface area contributed by atoms with E-state index in [2.05, 4.69) is 0 Å². The first kappa shape index (κ1) is 12.3. The average molecular weight is 230 g/mol. The van der Waals surface area contributed by atoms with E-state index in [0.29, 0.717) is 10.6 Å². The zero-order chi connectivity index (χ0) is 11.6. The van der Waals surface area contributed by atoms with Crippen molar-refractivity contribution in [3.8, 4) is 5.75 Å². The Balaban J connectivity index is 3.28. The van der Waals surface area contributed by atoms with Crippen LogP contribution in [0.2, 0.25) is 5.02 Å². The molecule has 0 bridgehead atoms. The number of rotatable bonds is 2. The quantitative estimate of drug-likeness (QED) is 0.684. The standard InChI is InChI=1S/C11H16ClNO2/c1-11(2,3)9-5-8(12)4-7(6-13-15)10(9)14/h4-5,13-15H,6H2,1-3H3. The molecular formula is C11H16ClNO2. The van der Waals surface area contributed by atoms with Gasteiger partial charge in [-0.25, -0.2) is 5.48 Å². The van der Waals surface area contributed by atoms with Gasteiger partial charge >= 0.3 is 0 Å². The molecule has 4 heteroatoms. The molecule has 3 nitrogen and oxygen atoms in total. The molecule has 3 N–H and O–H groups in total. The van der Waals surface area contributed by atoms with Crippen LogP contribution >= 0.6 is 11.6 Å². The number of phenolic OH excluding ortho intramolecular Hbond substituents is 1. The van der Waals surface area contributed by atoms with Crippen molar-refractivity contribution in [2.75, 3.05) is 0 Å². The average Bonchev–Trinajstić information content (AvgIpc) is 2.09. The summed E-state index contributed by atoms with van der Waals surface area (Å²) in [5, 5.41) is 19.2. The molecule has 0 aromatic heterocycles. The molecule has 0 heterocycles. The lowest BCUT2D eigenvalue weighted by Crippen LogP contribution is -2.14. The van der Waals surface area contributed by atoms with E-state index in [1.165, 1.54) is 0 Å². The van der Waals surface area contributed by atoms with Crippen molar-refractivity contribution in [1.29, 1.82) is 0 Å². The minimum Gasteiger partial charge on any atom is -0.507 e. The Bertz CT molecular complexity index is 358. The number of halogens is 1. The molecule has 0 atom stereocenters. The predicted molar refractivity (Wildman–Crippen MR) is 60.4 cm³/mol. The van der Waals surface area contributed by atoms with E-state index >= 15 is 0 Å². The van der Waals surface area contributed by atoms with Gasteiger partial charge in [0.2, 0.25) is 0 Å². The molecule has 0 aliphatic rings. The topological polar surface area (TPSA) is 52.5 Å². The summed E-state index contributed by atoms with van der Waals surface area (Å²) in [6, 6.07) is 3.38. The number of nitrogens with one attached hydrogen (secondary N) is 1. The van der Waals surface area contributed by atoms with Crippen LogP contribution in [0, 0.1) is 0 Å². The third-order valence-corrected chi connectivity index (χ3v) is 2.45. The van der Waals surface area contributed by atoms with Gasteiger partial charge in [-0.2, -0.15) is 0 Å². The van der Waals surface area contributed by atoms with E-state index in [1.807, 2.05) is 26.3 Å². The fraction of sp³-hybridized carbons (Fsp3) is 0.455. The monoisotopic (exact) mass is 229 g/mol. The zero-order valence-corrected chi connectivity index (χ0v) is 9.89. The maximum absolute atomic E-state index is 9.97. The molecule has 1 aromatic rings. The summed E-state index contributed by atoms with van der Waals surface area (Å²) in [4.78, 5) is 0. The maximum atomic E-state index is 9.97. The molecule has 0 fully saturated rings. The predicted octanol–water partition coefficient (Wildman–Crippen LogP) is 2.82. The molecule has 0 spiro atoms. The Morgan fingerprint density at radius 2 is 1.93 bits per heavy atom. The number of benzene rings is 1. The van der Waals surface area contributed by atoms with Crippen LogP contribution in [0.1, 0.15) is 31.9 Å². The van der Waals surface area contributed by atoms with Gasteiger partial charge in [0.1, 0.15) is 5.75 Å². The van der Waals surface area contributed by atoms with Gasteiger partial charge in [0, 0.05) is 22.7 Å². The van der Waals surface area contributed by atoms with Gasteiger partial charge in [0.15, 0.2) is 0 Å². The molecule has 0 saturated carbocycles. The summed E-state index contributed by atoms with van der Waals surface area (Å²) in [6.45, 7) is 6.16. The highest BCUT2D eigenvalue weighted by Crippen LogP contribution is 2.35. The van der Waals surface area contributed by atoms with E-state index < -0.39 is 0 Å². The lowest BCUT2D eigenvalue weighted by molar-refractivity contribution is 0.160. The zero-order valence-electron chi connectivity index (χ0n) is 9.13. The molecule has 0 aliphatic heterocycles. The number of hydrogen-bond donors (Lipinski definition) is 3. The second kappa shape index (κ2) is 4.39. The van der Waals surface area contributed by atoms with Crippen molar-refractivity contribution >= 4 is 11.6 Å². The summed E-state index contributed by atoms with van der Waals surface area (Å²) in [5.41, 5.74) is 3.20. The van der Waals surface area contributed by atoms with E-state index in [-0.39, 0.29) is 17.7 Å². The summed E-state index contributed by atoms with van der Waals surface area (Å²) >= 11 is 5.94. The first-order valence-electron chi connectivity index (χ1n) is 4.75. The van der Waals surface area contributed by atoms with E-state index in [0.717, 1.165) is 5.56 Å². The van der Waals surface area contributed by atoms with Crippen molar-refractivity contribution in [3.63, 3.8) is 0 Å². The van der Waals surface area contributed by atoms with Crippen molar-refractivity contribution in [2.45, 2.75) is 32.7 Å². The lowest BCUT2D eigenvalue weighted by atomic mass is 9.85. The molecule has 0 aliphatic carbocycles. The van der Waals surface area contributed by atoms with Crippen molar-refractivity contribution in [1.82, 2.24) is 5.48 Å². The van der Waals surface area contributed by atoms with Crippen LogP contribution in [-0.2, 0) is 12.0 Å². The number of hydrogen-bond acceptors (Lipinski definition) is 3. The highest BCUT2D eigenvalue weighted by molar-refractivity contribution is 6.30. The van der Waals surface area contributed by atoms with Crippen molar-refractivity contribution in [2.24, 2.45) is 0 Å². The Morgan fingerprint density at radius 1 is 1.33 bits per heavy atom. The first-order valence-corrected chi connectivity index (χ1v) is 5.13. The summed E-state index contributed by atoms with van der Waals surface area (Å²) in [6.07, 6.45) is 0. The third-order valence-electron chi connectivity index (χ3n) is 2.23. The number of phenols is 1. The van der Waals surface area contributed by atoms with E-state index in [4.69, 9.17) is 16.8 Å². The van der Waals surface area contributed by atoms with Crippen LogP contribution in [0.5, 0.6) is 5.75 Å². The normalized spacial score (nSPS) is 11.8. The number of hydroxylamine groups is 1. The highest BCUT2D eigenvalue weighted by Gasteiger charge is 2.20. The van der Waals surface area contributed by atoms with Crippen LogP contribution in [0.25, 0.3) is 0 Å². The molecular weight excluding hydrogens is 214 g/mol. The third kappa shape index (κ3) is 2.84. The van der Waals surface area contributed by atoms with Crippen LogP contribution in [0.3, 0.4) is 0 Å². The highest BCUT2D eigenvalue weighted by atomic mass is 35.5. The molecule has 0 amide bonds. The Hall–Kier alpha value is -0.770. The van der Waals surface area contributed by atoms with Gasteiger partial charge in [-0.1, -0.05) is 32.4 Å². The smallest absolute Gasteiger partial charge is 0.123 e. The van der Waals surface area contributed by atoms with Crippen molar-refractivity contribution in [3.05, 3.63) is 28.3 Å². The summed E-state index contributed by atoms with van der Waals surface area (Å²) in [5.74, 6) is 0.188. The van der Waals surface area contributed by atoms with Gasteiger partial charge in [0.25, 0.3) is 0 Å². The second-order valence-corrected chi connectivity index (χ2v) is 4.98. The molecule has 1 rings (SSSR count). The van der Waals surface area contributed by atoms with Gasteiger partial charge < -0.3 is 10.3 Å². The van der Waals surface area contributed by atoms with E-state index in [9.17, 15) is 5.11 Å². The summed E-state index contributed by atoms with van der Waals surface area (Å²) in [7, 11) is 0. The molecule has 15 heavy (non-hydrogen) atoms. The van der Waals surface area contributed by atoms with Crippen LogP contribution < -0.4 is 5.48 Å². The Kier molecular flexibility index (Phi) is 3.60. The van der Waals surface area contributed by atoms with Crippen LogP contribution in [0.4, 0.5) is 0 Å². The van der Waals surface area contributed by atoms with Crippen LogP contribution in [-0.4, -0.2) is 10.3 Å². The molecule has 0 unspecified atom stereocenters. The van der Waals surface area contributed by atoms with Crippen molar-refractivity contribution < 1.29 is 10.3 Å². The van der Waals surface area contributed by atoms with Gasteiger partial charge in [-0.15, -0.1) is 0 Å². The van der Waals surface area contributed by atoms with Gasteiger partial charge in [0.05, 0.1) is 0 Å². The molecule has 0 radical (unpaired) electrons. The SMILES string of the molecule is CC(C)(C)c1cc(Cl)cc(CNO)c1O. The molecule has 84 valence electrons. The second-order valence-electron chi connectivity index (χ2n) is 4.55. The Labute approximate surface area is 94.7 Å². The summed E-state index contributed by atoms with van der Waals surface area (Å²) < 4.78 is 0. The fourth-order valence-corrected chi connectivity index (χ4v) is 1.69. The van der Waals surface area contributed by atoms with Gasteiger partial charge in [-0.05, 0) is 17.5 Å². The number of aromatic hydroxyl groups is 1. The maximum Gasteiger partial charge on any atom is 0.123 e. The molecule has 0 saturated heterocycles. The first-order chi connectivity index (χ1) is 6.86. The molecule has 1 aromatic carbocycles. The fourth-order valence-electron chi connectivity index (χ4n) is 1.45. The van der Waals surface area contributed by atoms with E-state index in [1.54, 1.807) is 12.1 Å². The van der Waals surface area contributed by atoms with Gasteiger partial charge in [-0.3, -0.25) is 0 Å². The van der Waals surface area contributed by atoms with Crippen LogP contribution in [0.15, 0.2) is 12.1 Å².